The molecule has 5 amide bonds. The lowest BCUT2D eigenvalue weighted by molar-refractivity contribution is -0.149. The van der Waals surface area contributed by atoms with E-state index in [-0.39, 0.29) is 30.9 Å². The van der Waals surface area contributed by atoms with Crippen molar-refractivity contribution in [1.82, 2.24) is 26.2 Å². The maximum atomic E-state index is 13.5. The van der Waals surface area contributed by atoms with Gasteiger partial charge in [0.15, 0.2) is 5.96 Å². The van der Waals surface area contributed by atoms with Gasteiger partial charge < -0.3 is 42.7 Å². The molecule has 0 aromatic rings. The van der Waals surface area contributed by atoms with Crippen LogP contribution in [0.5, 0.6) is 0 Å². The number of hydrogen-bond acceptors (Lipinski definition) is 7. The number of carboxylic acid groups (broad SMARTS) is 1. The standard InChI is InChI=1S/C22H34N8O7/c1-10-7-11-4-5-14-20(36)28-12(3-2-6-25-22(23)24)18(34)26-9-15(31)27-13(8-16(32)33)19(35)29-17(10)21(37)30(11)14/h10-14,17H,2-9H2,1H3,(H,26,34)(H,27,31)(H,28,36)(H,29,35)(H,32,33)(H4,23,24,25)/t10-,11+,12?,13+,14+,17-/m1/s1. The summed E-state index contributed by atoms with van der Waals surface area (Å²) in [6.45, 7) is 1.45. The molecule has 0 saturated carbocycles. The van der Waals surface area contributed by atoms with Crippen molar-refractivity contribution in [1.29, 1.82) is 0 Å². The molecule has 3 heterocycles. The summed E-state index contributed by atoms with van der Waals surface area (Å²) in [4.78, 5) is 81.6. The van der Waals surface area contributed by atoms with Crippen molar-refractivity contribution in [2.75, 3.05) is 13.1 Å². The van der Waals surface area contributed by atoms with E-state index in [0.29, 0.717) is 25.7 Å². The lowest BCUT2D eigenvalue weighted by atomic mass is 9.87. The summed E-state index contributed by atoms with van der Waals surface area (Å²) in [6, 6.07) is -4.54. The van der Waals surface area contributed by atoms with E-state index in [1.807, 2.05) is 0 Å². The van der Waals surface area contributed by atoms with Crippen molar-refractivity contribution >= 4 is 41.5 Å². The number of aliphatic imine (C=N–C) groups is 1. The van der Waals surface area contributed by atoms with Gasteiger partial charge in [-0.3, -0.25) is 33.8 Å². The number of nitrogens with zero attached hydrogens (tertiary/aromatic N) is 2. The molecule has 0 spiro atoms. The van der Waals surface area contributed by atoms with Crippen LogP contribution in [-0.4, -0.2) is 94.8 Å². The molecule has 9 N–H and O–H groups in total. The SMILES string of the molecule is C[C@@H]1C[C@@H]2CC[C@H]3C(=O)NC(CCCN=C(N)N)C(=O)NCC(=O)N[C@@H](CC(=O)O)C(=O)N[C@H]1C(=O)N23. The largest absolute Gasteiger partial charge is 0.481 e. The van der Waals surface area contributed by atoms with Gasteiger partial charge in [0.1, 0.15) is 24.2 Å². The molecule has 3 fully saturated rings. The monoisotopic (exact) mass is 522 g/mol. The Labute approximate surface area is 213 Å². The van der Waals surface area contributed by atoms with E-state index in [1.54, 1.807) is 6.92 Å². The number of nitrogens with one attached hydrogen (secondary N) is 4. The Balaban J connectivity index is 1.89. The summed E-state index contributed by atoms with van der Waals surface area (Å²) in [7, 11) is 0. The van der Waals surface area contributed by atoms with E-state index >= 15 is 0 Å². The van der Waals surface area contributed by atoms with E-state index in [0.717, 1.165) is 0 Å². The number of hydrogen-bond donors (Lipinski definition) is 7. The Morgan fingerprint density at radius 1 is 1.03 bits per heavy atom. The van der Waals surface area contributed by atoms with Crippen molar-refractivity contribution in [2.24, 2.45) is 22.4 Å². The molecule has 3 saturated heterocycles. The summed E-state index contributed by atoms with van der Waals surface area (Å²) < 4.78 is 0. The zero-order chi connectivity index (χ0) is 27.3. The highest BCUT2D eigenvalue weighted by molar-refractivity contribution is 5.98. The average molecular weight is 523 g/mol. The minimum Gasteiger partial charge on any atom is -0.481 e. The third-order valence-electron chi connectivity index (χ3n) is 6.87. The van der Waals surface area contributed by atoms with Gasteiger partial charge in [-0.15, -0.1) is 0 Å². The number of guanidine groups is 1. The highest BCUT2D eigenvalue weighted by Gasteiger charge is 2.49. The minimum absolute atomic E-state index is 0.115. The molecule has 3 aliphatic rings. The Hall–Kier alpha value is -3.91. The fraction of sp³-hybridized carbons (Fsp3) is 0.682. The van der Waals surface area contributed by atoms with Crippen molar-refractivity contribution in [3.05, 3.63) is 0 Å². The van der Waals surface area contributed by atoms with Gasteiger partial charge in [0.25, 0.3) is 0 Å². The molecule has 0 aliphatic carbocycles. The Morgan fingerprint density at radius 3 is 2.43 bits per heavy atom. The highest BCUT2D eigenvalue weighted by atomic mass is 16.4. The van der Waals surface area contributed by atoms with Crippen molar-refractivity contribution in [3.8, 4) is 0 Å². The molecule has 15 nitrogen and oxygen atoms in total. The van der Waals surface area contributed by atoms with E-state index in [1.165, 1.54) is 4.90 Å². The number of rotatable bonds is 6. The summed E-state index contributed by atoms with van der Waals surface area (Å²) in [5.74, 6) is -5.00. The third kappa shape index (κ3) is 6.86. The number of carbonyl (C=O) groups is 6. The first-order valence-electron chi connectivity index (χ1n) is 12.2. The zero-order valence-corrected chi connectivity index (χ0v) is 20.6. The molecule has 0 aromatic carbocycles. The molecule has 0 radical (unpaired) electrons. The second-order valence-corrected chi connectivity index (χ2v) is 9.64. The van der Waals surface area contributed by atoms with Gasteiger partial charge in [0.2, 0.25) is 29.5 Å². The molecule has 15 heteroatoms. The third-order valence-corrected chi connectivity index (χ3v) is 6.87. The van der Waals surface area contributed by atoms with Crippen LogP contribution in [-0.2, 0) is 28.8 Å². The maximum Gasteiger partial charge on any atom is 0.305 e. The molecular weight excluding hydrogens is 488 g/mol. The highest BCUT2D eigenvalue weighted by Crippen LogP contribution is 2.35. The Kier molecular flexibility index (Phi) is 8.89. The maximum absolute atomic E-state index is 13.5. The molecule has 2 bridgehead atoms. The number of aliphatic carboxylic acids is 1. The number of fused-ring (bicyclic) bond motifs is 1. The van der Waals surface area contributed by atoms with Crippen LogP contribution >= 0.6 is 0 Å². The molecule has 3 aliphatic heterocycles. The van der Waals surface area contributed by atoms with Crippen LogP contribution in [0.25, 0.3) is 0 Å². The summed E-state index contributed by atoms with van der Waals surface area (Å²) >= 11 is 0. The van der Waals surface area contributed by atoms with Gasteiger partial charge in [0, 0.05) is 12.6 Å². The number of piperidine rings is 1. The number of carboxylic acids is 1. The summed E-state index contributed by atoms with van der Waals surface area (Å²) in [6.07, 6.45) is 1.29. The first-order chi connectivity index (χ1) is 17.5. The van der Waals surface area contributed by atoms with Crippen LogP contribution in [0.2, 0.25) is 0 Å². The van der Waals surface area contributed by atoms with Crippen LogP contribution in [0.4, 0.5) is 0 Å². The van der Waals surface area contributed by atoms with Gasteiger partial charge in [-0.2, -0.15) is 0 Å². The molecule has 37 heavy (non-hydrogen) atoms. The fourth-order valence-corrected chi connectivity index (χ4v) is 5.09. The molecule has 3 rings (SSSR count). The van der Waals surface area contributed by atoms with Gasteiger partial charge >= 0.3 is 5.97 Å². The molecule has 0 aromatic heterocycles. The van der Waals surface area contributed by atoms with E-state index in [2.05, 4.69) is 26.3 Å². The van der Waals surface area contributed by atoms with Crippen LogP contribution in [0, 0.1) is 5.92 Å². The van der Waals surface area contributed by atoms with Crippen LogP contribution in [0.15, 0.2) is 4.99 Å². The minimum atomic E-state index is -1.46. The first-order valence-corrected chi connectivity index (χ1v) is 12.2. The van der Waals surface area contributed by atoms with Gasteiger partial charge in [-0.25, -0.2) is 0 Å². The fourth-order valence-electron chi connectivity index (χ4n) is 5.09. The van der Waals surface area contributed by atoms with E-state index < -0.39 is 72.6 Å². The predicted molar refractivity (Wildman–Crippen MR) is 128 cm³/mol. The smallest absolute Gasteiger partial charge is 0.305 e. The lowest BCUT2D eigenvalue weighted by Gasteiger charge is -2.41. The second-order valence-electron chi connectivity index (χ2n) is 9.64. The first kappa shape index (κ1) is 27.7. The van der Waals surface area contributed by atoms with E-state index in [9.17, 15) is 33.9 Å². The average Bonchev–Trinajstić information content (AvgIpc) is 3.24. The van der Waals surface area contributed by atoms with Gasteiger partial charge in [-0.1, -0.05) is 6.92 Å². The molecular formula is C22H34N8O7. The number of amides is 5. The normalized spacial score (nSPS) is 30.7. The van der Waals surface area contributed by atoms with Gasteiger partial charge in [-0.05, 0) is 38.0 Å². The van der Waals surface area contributed by atoms with Crippen LogP contribution in [0.3, 0.4) is 0 Å². The molecule has 1 unspecified atom stereocenters. The second kappa shape index (κ2) is 11.9. The van der Waals surface area contributed by atoms with Gasteiger partial charge in [0.05, 0.1) is 13.0 Å². The number of nitrogens with two attached hydrogens (primary N) is 2. The number of carbonyl (C=O) groups excluding carboxylic acids is 5. The molecule has 204 valence electrons. The van der Waals surface area contributed by atoms with Crippen LogP contribution < -0.4 is 32.7 Å². The van der Waals surface area contributed by atoms with Crippen LogP contribution in [0.1, 0.15) is 45.4 Å². The van der Waals surface area contributed by atoms with Crippen molar-refractivity contribution in [3.63, 3.8) is 0 Å². The van der Waals surface area contributed by atoms with Crippen molar-refractivity contribution in [2.45, 2.75) is 75.7 Å². The predicted octanol–water partition coefficient (Wildman–Crippen LogP) is -3.50. The quantitative estimate of drug-likeness (QED) is 0.104. The zero-order valence-electron chi connectivity index (χ0n) is 20.6. The summed E-state index contributed by atoms with van der Waals surface area (Å²) in [5, 5.41) is 19.2. The topological polar surface area (TPSA) is 238 Å². The lowest BCUT2D eigenvalue weighted by Crippen LogP contribution is -2.63. The summed E-state index contributed by atoms with van der Waals surface area (Å²) in [5.41, 5.74) is 10.7. The Morgan fingerprint density at radius 2 is 1.76 bits per heavy atom. The molecule has 6 atom stereocenters. The van der Waals surface area contributed by atoms with E-state index in [4.69, 9.17) is 11.5 Å². The Bertz CT molecular complexity index is 982. The van der Waals surface area contributed by atoms with Crippen molar-refractivity contribution < 1.29 is 33.9 Å².